The Morgan fingerprint density at radius 2 is 2.22 bits per heavy atom. The second kappa shape index (κ2) is 7.31. The lowest BCUT2D eigenvalue weighted by Gasteiger charge is -2.30. The standard InChI is InChI=1S/C16H20N2O4S/c19-16(14-5-1-2-6-15(14)18(20)21)17(12-7-9-23-11-12)10-13-4-3-8-22-13/h1-2,5-6,12-13H,3-4,7-11H2/t12-,13+/m0/s1. The molecular formula is C16H20N2O4S. The molecule has 2 aliphatic rings. The molecule has 23 heavy (non-hydrogen) atoms. The Labute approximate surface area is 139 Å². The highest BCUT2D eigenvalue weighted by molar-refractivity contribution is 7.99. The van der Waals surface area contributed by atoms with Crippen LogP contribution in [0.4, 0.5) is 5.69 Å². The zero-order valence-corrected chi connectivity index (χ0v) is 13.7. The van der Waals surface area contributed by atoms with Gasteiger partial charge in [0.25, 0.3) is 11.6 Å². The van der Waals surface area contributed by atoms with Gasteiger partial charge in [0.05, 0.1) is 11.0 Å². The van der Waals surface area contributed by atoms with Crippen LogP contribution in [0.15, 0.2) is 24.3 Å². The van der Waals surface area contributed by atoms with Gasteiger partial charge in [-0.05, 0) is 31.1 Å². The summed E-state index contributed by atoms with van der Waals surface area (Å²) in [7, 11) is 0. The molecule has 3 rings (SSSR count). The quantitative estimate of drug-likeness (QED) is 0.610. The third kappa shape index (κ3) is 3.67. The topological polar surface area (TPSA) is 72.7 Å². The molecular weight excluding hydrogens is 316 g/mol. The van der Waals surface area contributed by atoms with E-state index in [1.54, 1.807) is 23.1 Å². The minimum Gasteiger partial charge on any atom is -0.376 e. The summed E-state index contributed by atoms with van der Waals surface area (Å²) in [5, 5.41) is 11.2. The normalized spacial score (nSPS) is 23.8. The predicted octanol–water partition coefficient (Wildman–Crippen LogP) is 2.72. The molecule has 0 aromatic heterocycles. The predicted molar refractivity (Wildman–Crippen MR) is 88.8 cm³/mol. The van der Waals surface area contributed by atoms with E-state index < -0.39 is 4.92 Å². The minimum absolute atomic E-state index is 0.0484. The Bertz CT molecular complexity index is 583. The van der Waals surface area contributed by atoms with Gasteiger partial charge in [-0.3, -0.25) is 14.9 Å². The molecule has 2 saturated heterocycles. The van der Waals surface area contributed by atoms with Gasteiger partial charge in [0.15, 0.2) is 0 Å². The van der Waals surface area contributed by atoms with Crippen LogP contribution in [0.1, 0.15) is 29.6 Å². The highest BCUT2D eigenvalue weighted by atomic mass is 32.2. The van der Waals surface area contributed by atoms with Gasteiger partial charge in [0.2, 0.25) is 0 Å². The second-order valence-electron chi connectivity index (χ2n) is 5.88. The summed E-state index contributed by atoms with van der Waals surface area (Å²) in [5.41, 5.74) is 0.0490. The number of carbonyl (C=O) groups is 1. The van der Waals surface area contributed by atoms with Crippen LogP contribution in [0.25, 0.3) is 0 Å². The van der Waals surface area contributed by atoms with E-state index in [1.807, 2.05) is 11.8 Å². The van der Waals surface area contributed by atoms with Gasteiger partial charge in [0.1, 0.15) is 5.56 Å². The largest absolute Gasteiger partial charge is 0.376 e. The Kier molecular flexibility index (Phi) is 5.17. The summed E-state index contributed by atoms with van der Waals surface area (Å²) < 4.78 is 5.67. The van der Waals surface area contributed by atoms with Gasteiger partial charge >= 0.3 is 0 Å². The van der Waals surface area contributed by atoms with E-state index in [-0.39, 0.29) is 29.3 Å². The second-order valence-corrected chi connectivity index (χ2v) is 7.03. The van der Waals surface area contributed by atoms with Gasteiger partial charge in [-0.15, -0.1) is 0 Å². The molecule has 7 heteroatoms. The average Bonchev–Trinajstić information content (AvgIpc) is 3.25. The Hall–Kier alpha value is -1.60. The summed E-state index contributed by atoms with van der Waals surface area (Å²) in [6.45, 7) is 1.26. The zero-order chi connectivity index (χ0) is 16.2. The monoisotopic (exact) mass is 336 g/mol. The molecule has 0 saturated carbocycles. The van der Waals surface area contributed by atoms with Crippen molar-refractivity contribution in [3.8, 4) is 0 Å². The molecule has 1 aromatic carbocycles. The summed E-state index contributed by atoms with van der Waals surface area (Å²) in [6.07, 6.45) is 2.94. The molecule has 0 N–H and O–H groups in total. The lowest BCUT2D eigenvalue weighted by atomic mass is 10.1. The first-order valence-corrected chi connectivity index (χ1v) is 9.06. The summed E-state index contributed by atoms with van der Waals surface area (Å²) in [4.78, 5) is 25.5. The third-order valence-corrected chi connectivity index (χ3v) is 5.51. The van der Waals surface area contributed by atoms with Crippen LogP contribution < -0.4 is 0 Å². The Balaban J connectivity index is 1.85. The molecule has 1 amide bonds. The van der Waals surface area contributed by atoms with Crippen LogP contribution in [-0.4, -0.2) is 52.5 Å². The maximum Gasteiger partial charge on any atom is 0.282 e. The number of nitro groups is 1. The van der Waals surface area contributed by atoms with Gasteiger partial charge in [0, 0.05) is 31.0 Å². The van der Waals surface area contributed by atoms with Crippen molar-refractivity contribution in [1.82, 2.24) is 4.90 Å². The molecule has 124 valence electrons. The Morgan fingerprint density at radius 3 is 2.87 bits per heavy atom. The van der Waals surface area contributed by atoms with Gasteiger partial charge in [-0.1, -0.05) is 12.1 Å². The number of benzene rings is 1. The molecule has 0 unspecified atom stereocenters. The molecule has 2 aliphatic heterocycles. The first-order valence-electron chi connectivity index (χ1n) is 7.90. The van der Waals surface area contributed by atoms with Crippen LogP contribution in [-0.2, 0) is 4.74 Å². The third-order valence-electron chi connectivity index (χ3n) is 4.36. The molecule has 2 fully saturated rings. The fourth-order valence-electron chi connectivity index (χ4n) is 3.14. The van der Waals surface area contributed by atoms with Crippen LogP contribution >= 0.6 is 11.8 Å². The number of rotatable bonds is 5. The first-order chi connectivity index (χ1) is 11.2. The molecule has 2 atom stereocenters. The van der Waals surface area contributed by atoms with Gasteiger partial charge < -0.3 is 9.64 Å². The lowest BCUT2D eigenvalue weighted by Crippen LogP contribution is -2.44. The SMILES string of the molecule is O=C(c1ccccc1[N+](=O)[O-])N(C[C@H]1CCCO1)[C@H]1CCSC1. The van der Waals surface area contributed by atoms with E-state index in [4.69, 9.17) is 4.74 Å². The van der Waals surface area contributed by atoms with E-state index in [9.17, 15) is 14.9 Å². The molecule has 2 heterocycles. The number of ether oxygens (including phenoxy) is 1. The molecule has 0 radical (unpaired) electrons. The van der Waals surface area contributed by atoms with Crippen molar-refractivity contribution in [3.05, 3.63) is 39.9 Å². The van der Waals surface area contributed by atoms with E-state index >= 15 is 0 Å². The summed E-state index contributed by atoms with van der Waals surface area (Å²) in [5.74, 6) is 1.66. The molecule has 0 aliphatic carbocycles. The zero-order valence-electron chi connectivity index (χ0n) is 12.8. The van der Waals surface area contributed by atoms with Crippen LogP contribution in [0.5, 0.6) is 0 Å². The van der Waals surface area contributed by atoms with Crippen molar-refractivity contribution in [2.75, 3.05) is 24.7 Å². The minimum atomic E-state index is -0.485. The Morgan fingerprint density at radius 1 is 1.39 bits per heavy atom. The summed E-state index contributed by atoms with van der Waals surface area (Å²) in [6, 6.07) is 6.33. The van der Waals surface area contributed by atoms with Crippen LogP contribution in [0, 0.1) is 10.1 Å². The fourth-order valence-corrected chi connectivity index (χ4v) is 4.37. The van der Waals surface area contributed by atoms with Crippen molar-refractivity contribution in [3.63, 3.8) is 0 Å². The van der Waals surface area contributed by atoms with Crippen molar-refractivity contribution in [2.24, 2.45) is 0 Å². The highest BCUT2D eigenvalue weighted by Gasteiger charge is 2.33. The number of hydrogen-bond acceptors (Lipinski definition) is 5. The van der Waals surface area contributed by atoms with Crippen molar-refractivity contribution in [1.29, 1.82) is 0 Å². The van der Waals surface area contributed by atoms with E-state index in [2.05, 4.69) is 0 Å². The van der Waals surface area contributed by atoms with Crippen LogP contribution in [0.2, 0.25) is 0 Å². The van der Waals surface area contributed by atoms with Crippen molar-refractivity contribution in [2.45, 2.75) is 31.4 Å². The van der Waals surface area contributed by atoms with Crippen molar-refractivity contribution < 1.29 is 14.5 Å². The number of hydrogen-bond donors (Lipinski definition) is 0. The summed E-state index contributed by atoms with van der Waals surface area (Å²) >= 11 is 1.82. The van der Waals surface area contributed by atoms with E-state index in [0.29, 0.717) is 6.54 Å². The van der Waals surface area contributed by atoms with Gasteiger partial charge in [-0.25, -0.2) is 0 Å². The van der Waals surface area contributed by atoms with Crippen LogP contribution in [0.3, 0.4) is 0 Å². The molecule has 1 aromatic rings. The molecule has 0 spiro atoms. The lowest BCUT2D eigenvalue weighted by molar-refractivity contribution is -0.385. The maximum atomic E-state index is 13.0. The molecule has 0 bridgehead atoms. The molecule has 6 nitrogen and oxygen atoms in total. The number of amides is 1. The fraction of sp³-hybridized carbons (Fsp3) is 0.562. The van der Waals surface area contributed by atoms with Crippen molar-refractivity contribution >= 4 is 23.4 Å². The first kappa shape index (κ1) is 16.3. The van der Waals surface area contributed by atoms with E-state index in [0.717, 1.165) is 37.4 Å². The van der Waals surface area contributed by atoms with E-state index in [1.165, 1.54) is 6.07 Å². The smallest absolute Gasteiger partial charge is 0.282 e. The van der Waals surface area contributed by atoms with Gasteiger partial charge in [-0.2, -0.15) is 11.8 Å². The number of nitrogens with zero attached hydrogens (tertiary/aromatic N) is 2. The number of para-hydroxylation sites is 1. The number of nitro benzene ring substituents is 1. The highest BCUT2D eigenvalue weighted by Crippen LogP contribution is 2.28. The number of carbonyl (C=O) groups excluding carboxylic acids is 1. The average molecular weight is 336 g/mol. The maximum absolute atomic E-state index is 13.0. The number of thioether (sulfide) groups is 1.